The van der Waals surface area contributed by atoms with Crippen molar-refractivity contribution < 1.29 is 9.47 Å². The van der Waals surface area contributed by atoms with Crippen LogP contribution in [0, 0.1) is 13.8 Å². The molecule has 0 aliphatic rings. The van der Waals surface area contributed by atoms with E-state index in [9.17, 15) is 0 Å². The van der Waals surface area contributed by atoms with Crippen molar-refractivity contribution in [2.24, 2.45) is 0 Å². The highest BCUT2D eigenvalue weighted by Gasteiger charge is 2.16. The second-order valence-electron chi connectivity index (χ2n) is 7.02. The molecule has 0 bridgehead atoms. The number of aromatic nitrogens is 2. The highest BCUT2D eigenvalue weighted by atomic mass is 35.5. The maximum atomic E-state index is 6.24. The van der Waals surface area contributed by atoms with E-state index in [1.54, 1.807) is 7.11 Å². The first-order valence-corrected chi connectivity index (χ1v) is 9.90. The lowest BCUT2D eigenvalue weighted by molar-refractivity contribution is 0.302. The van der Waals surface area contributed by atoms with Gasteiger partial charge in [-0.1, -0.05) is 35.9 Å². The van der Waals surface area contributed by atoms with E-state index in [2.05, 4.69) is 41.6 Å². The number of hydrogen-bond donors (Lipinski definition) is 0. The minimum atomic E-state index is 0. The molecule has 156 valence electrons. The van der Waals surface area contributed by atoms with Crippen molar-refractivity contribution in [3.05, 3.63) is 88.3 Å². The first kappa shape index (κ1) is 22.0. The normalized spacial score (nSPS) is 10.7. The predicted octanol–water partition coefficient (Wildman–Crippen LogP) is 6.36. The van der Waals surface area contributed by atoms with Gasteiger partial charge in [0, 0.05) is 23.8 Å². The van der Waals surface area contributed by atoms with Gasteiger partial charge in [-0.2, -0.15) is 0 Å². The number of aryl methyl sites for hydroxylation is 1. The van der Waals surface area contributed by atoms with Crippen LogP contribution in [0.5, 0.6) is 11.5 Å². The Hall–Kier alpha value is -2.69. The fourth-order valence-corrected chi connectivity index (χ4v) is 3.82. The van der Waals surface area contributed by atoms with Crippen LogP contribution in [0.1, 0.15) is 22.5 Å². The summed E-state index contributed by atoms with van der Waals surface area (Å²) in [6.45, 7) is 5.38. The molecule has 0 saturated carbocycles. The van der Waals surface area contributed by atoms with Crippen LogP contribution in [-0.2, 0) is 13.2 Å². The van der Waals surface area contributed by atoms with E-state index in [1.807, 2.05) is 42.6 Å². The number of halogens is 2. The summed E-state index contributed by atoms with van der Waals surface area (Å²) in [5.74, 6) is 1.51. The fraction of sp³-hybridized carbons (Fsp3) is 0.208. The predicted molar refractivity (Wildman–Crippen MR) is 124 cm³/mol. The standard InChI is InChI=1S/C24H23ClN2O2.ClH/c1-16-17(2)27(14-18-7-6-8-19(13-18)28-3)24-20(16)11-12-26-22(24)15-29-23-10-5-4-9-21(23)25;/h4-13H,14-15H2,1-3H3;1H. The molecule has 0 amide bonds. The van der Waals surface area contributed by atoms with Gasteiger partial charge in [0.2, 0.25) is 0 Å². The molecule has 2 aromatic heterocycles. The first-order valence-electron chi connectivity index (χ1n) is 9.52. The molecule has 0 spiro atoms. The lowest BCUT2D eigenvalue weighted by Gasteiger charge is -2.13. The lowest BCUT2D eigenvalue weighted by Crippen LogP contribution is -2.07. The molecule has 0 aliphatic carbocycles. The summed E-state index contributed by atoms with van der Waals surface area (Å²) in [6.07, 6.45) is 1.84. The van der Waals surface area contributed by atoms with Gasteiger partial charge < -0.3 is 14.0 Å². The topological polar surface area (TPSA) is 36.3 Å². The molecule has 2 aromatic carbocycles. The number of rotatable bonds is 6. The average molecular weight is 443 g/mol. The molecule has 4 nitrogen and oxygen atoms in total. The minimum absolute atomic E-state index is 0. The largest absolute Gasteiger partial charge is 0.497 e. The second-order valence-corrected chi connectivity index (χ2v) is 7.43. The number of benzene rings is 2. The molecule has 2 heterocycles. The third-order valence-electron chi connectivity index (χ3n) is 5.30. The molecule has 0 fully saturated rings. The number of hydrogen-bond acceptors (Lipinski definition) is 3. The van der Waals surface area contributed by atoms with Gasteiger partial charge in [-0.25, -0.2) is 0 Å². The summed E-state index contributed by atoms with van der Waals surface area (Å²) < 4.78 is 13.7. The zero-order valence-electron chi connectivity index (χ0n) is 17.2. The van der Waals surface area contributed by atoms with Gasteiger partial charge in [0.25, 0.3) is 0 Å². The van der Waals surface area contributed by atoms with Gasteiger partial charge in [0.1, 0.15) is 23.8 Å². The van der Waals surface area contributed by atoms with Gasteiger partial charge in [0.15, 0.2) is 0 Å². The first-order chi connectivity index (χ1) is 14.1. The van der Waals surface area contributed by atoms with E-state index in [0.717, 1.165) is 23.5 Å². The number of para-hydroxylation sites is 1. The van der Waals surface area contributed by atoms with Gasteiger partial charge in [-0.3, -0.25) is 4.98 Å². The molecule has 0 aliphatic heterocycles. The Bertz CT molecular complexity index is 1170. The summed E-state index contributed by atoms with van der Waals surface area (Å²) in [5, 5.41) is 1.79. The molecule has 0 atom stereocenters. The van der Waals surface area contributed by atoms with E-state index >= 15 is 0 Å². The molecular weight excluding hydrogens is 419 g/mol. The van der Waals surface area contributed by atoms with E-state index in [-0.39, 0.29) is 12.4 Å². The van der Waals surface area contributed by atoms with Crippen molar-refractivity contribution in [1.82, 2.24) is 9.55 Å². The minimum Gasteiger partial charge on any atom is -0.497 e. The monoisotopic (exact) mass is 442 g/mol. The zero-order chi connectivity index (χ0) is 20.4. The smallest absolute Gasteiger partial charge is 0.138 e. The van der Waals surface area contributed by atoms with Crippen molar-refractivity contribution >= 4 is 34.9 Å². The van der Waals surface area contributed by atoms with Crippen LogP contribution in [0.4, 0.5) is 0 Å². The van der Waals surface area contributed by atoms with Gasteiger partial charge in [-0.05, 0) is 55.3 Å². The molecule has 4 aromatic rings. The second kappa shape index (κ2) is 9.41. The van der Waals surface area contributed by atoms with Gasteiger partial charge >= 0.3 is 0 Å². The van der Waals surface area contributed by atoms with Gasteiger partial charge in [-0.15, -0.1) is 12.4 Å². The Morgan fingerprint density at radius 2 is 1.83 bits per heavy atom. The average Bonchev–Trinajstić information content (AvgIpc) is 2.99. The summed E-state index contributed by atoms with van der Waals surface area (Å²) in [7, 11) is 1.69. The highest BCUT2D eigenvalue weighted by Crippen LogP contribution is 2.30. The summed E-state index contributed by atoms with van der Waals surface area (Å²) in [5.41, 5.74) is 5.63. The maximum absolute atomic E-state index is 6.24. The number of nitrogens with zero attached hydrogens (tertiary/aromatic N) is 2. The third kappa shape index (κ3) is 4.25. The molecular formula is C24H24Cl2N2O2. The summed E-state index contributed by atoms with van der Waals surface area (Å²) in [4.78, 5) is 4.63. The highest BCUT2D eigenvalue weighted by molar-refractivity contribution is 6.32. The molecule has 0 radical (unpaired) electrons. The zero-order valence-corrected chi connectivity index (χ0v) is 18.8. The van der Waals surface area contributed by atoms with Crippen molar-refractivity contribution in [3.8, 4) is 11.5 Å². The lowest BCUT2D eigenvalue weighted by atomic mass is 10.2. The molecule has 0 unspecified atom stereocenters. The molecule has 6 heteroatoms. The Labute approximate surface area is 187 Å². The Balaban J connectivity index is 0.00000256. The van der Waals surface area contributed by atoms with E-state index in [1.165, 1.54) is 22.2 Å². The Morgan fingerprint density at radius 3 is 2.60 bits per heavy atom. The van der Waals surface area contributed by atoms with Crippen molar-refractivity contribution in [3.63, 3.8) is 0 Å². The fourth-order valence-electron chi connectivity index (χ4n) is 3.63. The molecule has 0 saturated heterocycles. The van der Waals surface area contributed by atoms with E-state index < -0.39 is 0 Å². The van der Waals surface area contributed by atoms with Crippen molar-refractivity contribution in [2.45, 2.75) is 27.0 Å². The Kier molecular flexibility index (Phi) is 6.91. The number of methoxy groups -OCH3 is 1. The molecule has 0 N–H and O–H groups in total. The van der Waals surface area contributed by atoms with Crippen LogP contribution in [0.25, 0.3) is 10.9 Å². The van der Waals surface area contributed by atoms with Crippen LogP contribution in [0.3, 0.4) is 0 Å². The molecule has 30 heavy (non-hydrogen) atoms. The summed E-state index contributed by atoms with van der Waals surface area (Å²) >= 11 is 6.24. The van der Waals surface area contributed by atoms with Crippen molar-refractivity contribution in [1.29, 1.82) is 0 Å². The number of pyridine rings is 1. The van der Waals surface area contributed by atoms with Gasteiger partial charge in [0.05, 0.1) is 17.6 Å². The third-order valence-corrected chi connectivity index (χ3v) is 5.61. The number of fused-ring (bicyclic) bond motifs is 1. The van der Waals surface area contributed by atoms with Crippen LogP contribution in [0.15, 0.2) is 60.8 Å². The van der Waals surface area contributed by atoms with Crippen LogP contribution >= 0.6 is 24.0 Å². The van der Waals surface area contributed by atoms with Crippen LogP contribution in [-0.4, -0.2) is 16.7 Å². The van der Waals surface area contributed by atoms with Crippen LogP contribution in [0.2, 0.25) is 5.02 Å². The van der Waals surface area contributed by atoms with E-state index in [0.29, 0.717) is 17.4 Å². The Morgan fingerprint density at radius 1 is 1.03 bits per heavy atom. The number of ether oxygens (including phenoxy) is 2. The summed E-state index contributed by atoms with van der Waals surface area (Å²) in [6, 6.07) is 17.7. The SMILES string of the molecule is COc1cccc(Cn2c(C)c(C)c3ccnc(COc4ccccc4Cl)c32)c1.Cl. The quantitative estimate of drug-likeness (QED) is 0.348. The maximum Gasteiger partial charge on any atom is 0.138 e. The van der Waals surface area contributed by atoms with E-state index in [4.69, 9.17) is 21.1 Å². The van der Waals surface area contributed by atoms with Crippen molar-refractivity contribution in [2.75, 3.05) is 7.11 Å². The van der Waals surface area contributed by atoms with Crippen LogP contribution < -0.4 is 9.47 Å². The molecule has 4 rings (SSSR count).